The van der Waals surface area contributed by atoms with E-state index < -0.39 is 18.2 Å². The van der Waals surface area contributed by atoms with E-state index >= 15 is 0 Å². The highest BCUT2D eigenvalue weighted by Crippen LogP contribution is 2.29. The number of phenols is 1. The molecule has 0 spiro atoms. The maximum Gasteiger partial charge on any atom is 0.405 e. The summed E-state index contributed by atoms with van der Waals surface area (Å²) in [7, 11) is 0. The first-order chi connectivity index (χ1) is 21.3. The quantitative estimate of drug-likeness (QED) is 0.0776. The molecule has 0 aliphatic carbocycles. The van der Waals surface area contributed by atoms with Crippen molar-refractivity contribution in [2.24, 2.45) is 0 Å². The highest BCUT2D eigenvalue weighted by molar-refractivity contribution is 5.87. The molecule has 44 heavy (non-hydrogen) atoms. The molecule has 9 heteroatoms. The average Bonchev–Trinajstić information content (AvgIpc) is 3.02. The van der Waals surface area contributed by atoms with E-state index in [2.05, 4.69) is 15.6 Å². The molecule has 0 saturated carbocycles. The number of unbranched alkanes of at least 4 members (excludes halogenated alkanes) is 6. The number of fused-ring (bicyclic) bond motifs is 1. The zero-order valence-corrected chi connectivity index (χ0v) is 25.2. The number of rotatable bonds is 17. The fourth-order valence-electron chi connectivity index (χ4n) is 5.40. The standard InChI is InChI=1S/C35H43N3O6/c1-24-14-15-26(33(38-35(42)43)25-12-8-7-9-13-25)22-31(24)44-21-11-6-4-2-3-5-10-20-36-23-30(40)27-16-18-29(39)34-28(27)17-19-32(41)37-34/h7-9,12-19,22,30,33,36,38-40H,2-6,10-11,20-21,23H2,1H3,(H,37,41)(H,42,43)/t30-,33?/m1/s1. The molecule has 4 aromatic rings. The predicted molar refractivity (Wildman–Crippen MR) is 173 cm³/mol. The fraction of sp³-hybridized carbons (Fsp3) is 0.371. The molecule has 0 radical (unpaired) electrons. The molecule has 9 nitrogen and oxygen atoms in total. The number of aromatic nitrogens is 1. The van der Waals surface area contributed by atoms with E-state index in [4.69, 9.17) is 4.74 Å². The third-order valence-corrected chi connectivity index (χ3v) is 7.81. The van der Waals surface area contributed by atoms with Gasteiger partial charge in [0.05, 0.1) is 24.3 Å². The van der Waals surface area contributed by atoms with Gasteiger partial charge in [-0.1, -0.05) is 80.6 Å². The third kappa shape index (κ3) is 9.33. The van der Waals surface area contributed by atoms with Crippen LogP contribution in [0.1, 0.15) is 79.3 Å². The second kappa shape index (κ2) is 16.5. The molecule has 0 fully saturated rings. The van der Waals surface area contributed by atoms with Crippen molar-refractivity contribution in [3.05, 3.63) is 105 Å². The van der Waals surface area contributed by atoms with Gasteiger partial charge in [-0.05, 0) is 66.8 Å². The monoisotopic (exact) mass is 601 g/mol. The molecule has 234 valence electrons. The number of hydrogen-bond acceptors (Lipinski definition) is 6. The van der Waals surface area contributed by atoms with Gasteiger partial charge < -0.3 is 35.7 Å². The Kier molecular flexibility index (Phi) is 12.2. The van der Waals surface area contributed by atoms with Crippen LogP contribution in [0.25, 0.3) is 10.9 Å². The third-order valence-electron chi connectivity index (χ3n) is 7.81. The summed E-state index contributed by atoms with van der Waals surface area (Å²) < 4.78 is 6.09. The largest absolute Gasteiger partial charge is 0.506 e. The van der Waals surface area contributed by atoms with Crippen LogP contribution in [0, 0.1) is 6.92 Å². The Morgan fingerprint density at radius 2 is 1.61 bits per heavy atom. The normalized spacial score (nSPS) is 12.6. The molecule has 3 aromatic carbocycles. The smallest absolute Gasteiger partial charge is 0.405 e. The first-order valence-electron chi connectivity index (χ1n) is 15.3. The number of benzene rings is 3. The topological polar surface area (TPSA) is 144 Å². The number of carboxylic acid groups (broad SMARTS) is 1. The Bertz CT molecular complexity index is 1560. The van der Waals surface area contributed by atoms with Gasteiger partial charge in [0.2, 0.25) is 5.56 Å². The highest BCUT2D eigenvalue weighted by Gasteiger charge is 2.18. The second-order valence-electron chi connectivity index (χ2n) is 11.1. The van der Waals surface area contributed by atoms with Gasteiger partial charge in [-0.2, -0.15) is 0 Å². The van der Waals surface area contributed by atoms with Crippen molar-refractivity contribution in [2.45, 2.75) is 64.0 Å². The molecule has 2 atom stereocenters. The number of ether oxygens (including phenoxy) is 1. The van der Waals surface area contributed by atoms with Gasteiger partial charge in [0.1, 0.15) is 11.5 Å². The highest BCUT2D eigenvalue weighted by atomic mass is 16.5. The molecule has 0 aliphatic heterocycles. The van der Waals surface area contributed by atoms with Gasteiger partial charge >= 0.3 is 6.09 Å². The summed E-state index contributed by atoms with van der Waals surface area (Å²) in [6, 6.07) is 21.1. The molecule has 0 aliphatic rings. The van der Waals surface area contributed by atoms with Gasteiger partial charge in [0.15, 0.2) is 0 Å². The molecular weight excluding hydrogens is 558 g/mol. The van der Waals surface area contributed by atoms with Crippen LogP contribution < -0.4 is 20.9 Å². The summed E-state index contributed by atoms with van der Waals surface area (Å²) in [5.41, 5.74) is 3.45. The van der Waals surface area contributed by atoms with E-state index in [1.165, 1.54) is 12.1 Å². The van der Waals surface area contributed by atoms with Gasteiger partial charge in [0.25, 0.3) is 0 Å². The SMILES string of the molecule is Cc1ccc(C(NC(=O)O)c2ccccc2)cc1OCCCCCCCCCNC[C@@H](O)c1ccc(O)c2[nH]c(=O)ccc12. The van der Waals surface area contributed by atoms with Crippen molar-refractivity contribution in [3.63, 3.8) is 0 Å². The van der Waals surface area contributed by atoms with E-state index in [-0.39, 0.29) is 11.3 Å². The van der Waals surface area contributed by atoms with Crippen molar-refractivity contribution in [1.29, 1.82) is 0 Å². The molecule has 0 saturated heterocycles. The van der Waals surface area contributed by atoms with Gasteiger partial charge in [-0.25, -0.2) is 4.79 Å². The van der Waals surface area contributed by atoms with E-state index in [1.54, 1.807) is 12.1 Å². The molecule has 1 aromatic heterocycles. The van der Waals surface area contributed by atoms with E-state index in [0.717, 1.165) is 73.9 Å². The summed E-state index contributed by atoms with van der Waals surface area (Å²) in [6.07, 6.45) is 5.82. The number of nitrogens with one attached hydrogen (secondary N) is 3. The minimum atomic E-state index is -1.07. The van der Waals surface area contributed by atoms with Crippen LogP contribution in [0.3, 0.4) is 0 Å². The molecule has 1 unspecified atom stereocenters. The number of pyridine rings is 1. The molecule has 4 rings (SSSR count). The van der Waals surface area contributed by atoms with Crippen LogP contribution >= 0.6 is 0 Å². The summed E-state index contributed by atoms with van der Waals surface area (Å²) in [5.74, 6) is 0.765. The van der Waals surface area contributed by atoms with Crippen LogP contribution in [0.15, 0.2) is 77.6 Å². The van der Waals surface area contributed by atoms with Crippen LogP contribution in [0.5, 0.6) is 11.5 Å². The predicted octanol–water partition coefficient (Wildman–Crippen LogP) is 6.33. The van der Waals surface area contributed by atoms with E-state index in [1.807, 2.05) is 55.5 Å². The molecule has 1 heterocycles. The lowest BCUT2D eigenvalue weighted by Crippen LogP contribution is -2.27. The first-order valence-corrected chi connectivity index (χ1v) is 15.3. The Morgan fingerprint density at radius 3 is 2.36 bits per heavy atom. The van der Waals surface area contributed by atoms with Gasteiger partial charge in [-0.15, -0.1) is 0 Å². The number of aryl methyl sites for hydroxylation is 1. The van der Waals surface area contributed by atoms with Gasteiger partial charge in [-0.3, -0.25) is 4.79 Å². The minimum absolute atomic E-state index is 0.0148. The summed E-state index contributed by atoms with van der Waals surface area (Å²) in [4.78, 5) is 25.7. The zero-order valence-electron chi connectivity index (χ0n) is 25.2. The molecular formula is C35H43N3O6. The Morgan fingerprint density at radius 1 is 0.886 bits per heavy atom. The average molecular weight is 602 g/mol. The van der Waals surface area contributed by atoms with Crippen molar-refractivity contribution in [1.82, 2.24) is 15.6 Å². The van der Waals surface area contributed by atoms with Gasteiger partial charge in [0, 0.05) is 18.0 Å². The number of aliphatic hydroxyl groups excluding tert-OH is 1. The number of aromatic hydroxyl groups is 1. The number of hydrogen-bond donors (Lipinski definition) is 6. The Labute approximate surface area is 257 Å². The van der Waals surface area contributed by atoms with Crippen molar-refractivity contribution in [2.75, 3.05) is 19.7 Å². The Hall–Kier alpha value is -4.34. The number of carbonyl (C=O) groups is 1. The number of amides is 1. The summed E-state index contributed by atoms with van der Waals surface area (Å²) in [6.45, 7) is 3.81. The number of aromatic amines is 1. The number of H-pyrrole nitrogens is 1. The van der Waals surface area contributed by atoms with Crippen molar-refractivity contribution in [3.8, 4) is 11.5 Å². The lowest BCUT2D eigenvalue weighted by atomic mass is 9.97. The van der Waals surface area contributed by atoms with E-state index in [9.17, 15) is 24.9 Å². The number of phenolic OH excluding ortho intramolecular Hbond substituents is 1. The maximum atomic E-state index is 11.6. The first kappa shape index (κ1) is 32.6. The molecule has 6 N–H and O–H groups in total. The Balaban J connectivity index is 1.09. The van der Waals surface area contributed by atoms with Crippen LogP contribution in [-0.2, 0) is 0 Å². The summed E-state index contributed by atoms with van der Waals surface area (Å²) in [5, 5.41) is 36.6. The molecule has 1 amide bonds. The molecule has 0 bridgehead atoms. The summed E-state index contributed by atoms with van der Waals surface area (Å²) >= 11 is 0. The number of aliphatic hydroxyl groups is 1. The zero-order chi connectivity index (χ0) is 31.3. The minimum Gasteiger partial charge on any atom is -0.506 e. The maximum absolute atomic E-state index is 11.6. The second-order valence-corrected chi connectivity index (χ2v) is 11.1. The lowest BCUT2D eigenvalue weighted by Gasteiger charge is -2.20. The van der Waals surface area contributed by atoms with Crippen LogP contribution in [0.4, 0.5) is 4.79 Å². The van der Waals surface area contributed by atoms with E-state index in [0.29, 0.717) is 29.6 Å². The lowest BCUT2D eigenvalue weighted by molar-refractivity contribution is 0.176. The fourth-order valence-corrected chi connectivity index (χ4v) is 5.40. The van der Waals surface area contributed by atoms with Crippen molar-refractivity contribution >= 4 is 17.0 Å². The van der Waals surface area contributed by atoms with Crippen molar-refractivity contribution < 1.29 is 24.9 Å². The van der Waals surface area contributed by atoms with Crippen LogP contribution in [-0.4, -0.2) is 46.1 Å². The van der Waals surface area contributed by atoms with Crippen LogP contribution in [0.2, 0.25) is 0 Å².